The van der Waals surface area contributed by atoms with Gasteiger partial charge >= 0.3 is 0 Å². The van der Waals surface area contributed by atoms with Gasteiger partial charge in [-0.25, -0.2) is 8.42 Å². The molecule has 17 heavy (non-hydrogen) atoms. The van der Waals surface area contributed by atoms with Crippen LogP contribution in [-0.2, 0) is 14.6 Å². The van der Waals surface area contributed by atoms with Crippen molar-refractivity contribution in [2.45, 2.75) is 45.7 Å². The first-order valence-electron chi connectivity index (χ1n) is 5.97. The van der Waals surface area contributed by atoms with Crippen LogP contribution in [0.4, 0.5) is 0 Å². The summed E-state index contributed by atoms with van der Waals surface area (Å²) in [6, 6.07) is -0.868. The lowest BCUT2D eigenvalue weighted by atomic mass is 10.1. The minimum Gasteiger partial charge on any atom is -0.341 e. The van der Waals surface area contributed by atoms with Gasteiger partial charge in [0.15, 0.2) is 9.84 Å². The summed E-state index contributed by atoms with van der Waals surface area (Å²) in [6.45, 7) is 5.29. The number of likely N-dealkylation sites (N-methyl/N-ethyl adjacent to an activating group) is 1. The highest BCUT2D eigenvalue weighted by Gasteiger charge is 2.24. The standard InChI is InChI=1S/C11H24N2O3S/c1-5-7-10(12)11(14)13(4)9(3)8-17(15,16)6-2/h9-10H,5-8,12H2,1-4H3. The molecule has 2 unspecified atom stereocenters. The maximum absolute atomic E-state index is 11.9. The van der Waals surface area contributed by atoms with E-state index in [4.69, 9.17) is 5.73 Å². The van der Waals surface area contributed by atoms with Crippen molar-refractivity contribution in [1.29, 1.82) is 0 Å². The fraction of sp³-hybridized carbons (Fsp3) is 0.909. The van der Waals surface area contributed by atoms with E-state index in [1.54, 1.807) is 20.9 Å². The molecule has 102 valence electrons. The molecule has 0 aliphatic heterocycles. The average Bonchev–Trinajstić information content (AvgIpc) is 2.26. The van der Waals surface area contributed by atoms with Crippen molar-refractivity contribution in [3.05, 3.63) is 0 Å². The quantitative estimate of drug-likeness (QED) is 0.721. The maximum atomic E-state index is 11.9. The summed E-state index contributed by atoms with van der Waals surface area (Å²) in [7, 11) is -1.47. The second-order valence-electron chi connectivity index (χ2n) is 4.39. The molecule has 2 N–H and O–H groups in total. The van der Waals surface area contributed by atoms with Crippen LogP contribution in [0.1, 0.15) is 33.6 Å². The molecule has 0 aliphatic rings. The molecule has 0 aromatic rings. The van der Waals surface area contributed by atoms with Crippen LogP contribution in [0, 0.1) is 0 Å². The van der Waals surface area contributed by atoms with Crippen molar-refractivity contribution in [1.82, 2.24) is 4.90 Å². The predicted molar refractivity (Wildman–Crippen MR) is 69.4 cm³/mol. The number of rotatable bonds is 7. The second-order valence-corrected chi connectivity index (χ2v) is 6.79. The minimum absolute atomic E-state index is 0.00934. The minimum atomic E-state index is -3.07. The Kier molecular flexibility index (Phi) is 6.70. The molecule has 0 aromatic heterocycles. The van der Waals surface area contributed by atoms with Crippen molar-refractivity contribution in [2.24, 2.45) is 5.73 Å². The van der Waals surface area contributed by atoms with Crippen molar-refractivity contribution < 1.29 is 13.2 Å². The molecule has 0 fully saturated rings. The van der Waals surface area contributed by atoms with Gasteiger partial charge in [-0.3, -0.25) is 4.79 Å². The Morgan fingerprint density at radius 1 is 1.35 bits per heavy atom. The van der Waals surface area contributed by atoms with Gasteiger partial charge in [0.2, 0.25) is 5.91 Å². The first-order valence-corrected chi connectivity index (χ1v) is 7.80. The van der Waals surface area contributed by atoms with E-state index in [9.17, 15) is 13.2 Å². The van der Waals surface area contributed by atoms with Crippen molar-refractivity contribution in [2.75, 3.05) is 18.6 Å². The molecule has 0 saturated carbocycles. The van der Waals surface area contributed by atoms with Crippen LogP contribution >= 0.6 is 0 Å². The zero-order valence-corrected chi connectivity index (χ0v) is 12.0. The number of sulfone groups is 1. The topological polar surface area (TPSA) is 80.5 Å². The summed E-state index contributed by atoms with van der Waals surface area (Å²) >= 11 is 0. The Labute approximate surface area is 104 Å². The Bertz CT molecular complexity index is 341. The molecule has 6 heteroatoms. The fourth-order valence-corrected chi connectivity index (χ4v) is 2.70. The Hall–Kier alpha value is -0.620. The van der Waals surface area contributed by atoms with Crippen LogP contribution in [0.5, 0.6) is 0 Å². The van der Waals surface area contributed by atoms with E-state index in [-0.39, 0.29) is 23.5 Å². The van der Waals surface area contributed by atoms with Gasteiger partial charge in [-0.1, -0.05) is 20.3 Å². The molecule has 0 spiro atoms. The monoisotopic (exact) mass is 264 g/mol. The van der Waals surface area contributed by atoms with Crippen molar-refractivity contribution in [3.8, 4) is 0 Å². The smallest absolute Gasteiger partial charge is 0.239 e. The molecule has 5 nitrogen and oxygen atoms in total. The third kappa shape index (κ3) is 5.50. The van der Waals surface area contributed by atoms with Gasteiger partial charge in [0, 0.05) is 18.8 Å². The number of hydrogen-bond acceptors (Lipinski definition) is 4. The van der Waals surface area contributed by atoms with E-state index in [0.29, 0.717) is 6.42 Å². The Balaban J connectivity index is 4.50. The van der Waals surface area contributed by atoms with Crippen molar-refractivity contribution in [3.63, 3.8) is 0 Å². The largest absolute Gasteiger partial charge is 0.341 e. The maximum Gasteiger partial charge on any atom is 0.239 e. The van der Waals surface area contributed by atoms with Crippen molar-refractivity contribution >= 4 is 15.7 Å². The van der Waals surface area contributed by atoms with E-state index < -0.39 is 15.9 Å². The molecule has 0 bridgehead atoms. The number of hydrogen-bond donors (Lipinski definition) is 1. The Morgan fingerprint density at radius 3 is 2.29 bits per heavy atom. The van der Waals surface area contributed by atoms with Crippen LogP contribution in [0.2, 0.25) is 0 Å². The summed E-state index contributed by atoms with van der Waals surface area (Å²) < 4.78 is 22.9. The molecule has 0 heterocycles. The van der Waals surface area contributed by atoms with Gasteiger partial charge in [-0.05, 0) is 13.3 Å². The number of nitrogens with two attached hydrogens (primary N) is 1. The second kappa shape index (κ2) is 6.96. The van der Waals surface area contributed by atoms with Crippen LogP contribution < -0.4 is 5.73 Å². The fourth-order valence-electron chi connectivity index (χ4n) is 1.51. The van der Waals surface area contributed by atoms with E-state index in [1.807, 2.05) is 6.92 Å². The number of carbonyl (C=O) groups excluding carboxylic acids is 1. The lowest BCUT2D eigenvalue weighted by Gasteiger charge is -2.27. The third-order valence-electron chi connectivity index (χ3n) is 2.86. The zero-order valence-electron chi connectivity index (χ0n) is 11.1. The normalized spacial score (nSPS) is 15.4. The van der Waals surface area contributed by atoms with Crippen LogP contribution in [-0.4, -0.2) is 49.9 Å². The SMILES string of the molecule is CCCC(N)C(=O)N(C)C(C)CS(=O)(=O)CC. The lowest BCUT2D eigenvalue weighted by Crippen LogP contribution is -2.47. The Morgan fingerprint density at radius 2 is 1.88 bits per heavy atom. The summed E-state index contributed by atoms with van der Waals surface area (Å²) in [5.41, 5.74) is 5.72. The van der Waals surface area contributed by atoms with E-state index in [1.165, 1.54) is 4.90 Å². The summed E-state index contributed by atoms with van der Waals surface area (Å²) in [4.78, 5) is 13.3. The highest BCUT2D eigenvalue weighted by Crippen LogP contribution is 2.05. The molecule has 1 amide bonds. The molecule has 0 aliphatic carbocycles. The molecule has 0 saturated heterocycles. The zero-order chi connectivity index (χ0) is 13.6. The predicted octanol–water partition coefficient (Wildman–Crippen LogP) is 0.395. The van der Waals surface area contributed by atoms with E-state index in [0.717, 1.165) is 6.42 Å². The lowest BCUT2D eigenvalue weighted by molar-refractivity contribution is -0.132. The highest BCUT2D eigenvalue weighted by molar-refractivity contribution is 7.91. The van der Waals surface area contributed by atoms with E-state index in [2.05, 4.69) is 0 Å². The number of carbonyl (C=O) groups is 1. The van der Waals surface area contributed by atoms with E-state index >= 15 is 0 Å². The molecular formula is C11H24N2O3S. The molecular weight excluding hydrogens is 240 g/mol. The third-order valence-corrected chi connectivity index (χ3v) is 4.73. The molecule has 2 atom stereocenters. The van der Waals surface area contributed by atoms with Crippen LogP contribution in [0.15, 0.2) is 0 Å². The molecule has 0 rings (SSSR count). The van der Waals surface area contributed by atoms with Gasteiger partial charge in [0.25, 0.3) is 0 Å². The summed E-state index contributed by atoms with van der Waals surface area (Å²) in [5, 5.41) is 0. The molecule has 0 radical (unpaired) electrons. The summed E-state index contributed by atoms with van der Waals surface area (Å²) in [5.74, 6) is -0.101. The summed E-state index contributed by atoms with van der Waals surface area (Å²) in [6.07, 6.45) is 1.46. The first kappa shape index (κ1) is 16.4. The highest BCUT2D eigenvalue weighted by atomic mass is 32.2. The van der Waals surface area contributed by atoms with Gasteiger partial charge in [-0.15, -0.1) is 0 Å². The number of nitrogens with zero attached hydrogens (tertiary/aromatic N) is 1. The van der Waals surface area contributed by atoms with Crippen LogP contribution in [0.25, 0.3) is 0 Å². The van der Waals surface area contributed by atoms with Gasteiger partial charge in [0.1, 0.15) is 0 Å². The van der Waals surface area contributed by atoms with Crippen LogP contribution in [0.3, 0.4) is 0 Å². The molecule has 0 aromatic carbocycles. The first-order chi connectivity index (χ1) is 7.75. The van der Waals surface area contributed by atoms with Gasteiger partial charge in [-0.2, -0.15) is 0 Å². The van der Waals surface area contributed by atoms with Gasteiger partial charge in [0.05, 0.1) is 11.8 Å². The van der Waals surface area contributed by atoms with Gasteiger partial charge < -0.3 is 10.6 Å². The number of amides is 1. The average molecular weight is 264 g/mol.